The van der Waals surface area contributed by atoms with Crippen LogP contribution in [0.3, 0.4) is 0 Å². The second-order valence-corrected chi connectivity index (χ2v) is 4.36. The first-order valence-electron chi connectivity index (χ1n) is 6.02. The third-order valence-corrected chi connectivity index (χ3v) is 2.93. The molecule has 10 nitrogen and oxygen atoms in total. The Labute approximate surface area is 116 Å². The van der Waals surface area contributed by atoms with E-state index in [2.05, 4.69) is 10.6 Å². The van der Waals surface area contributed by atoms with Gasteiger partial charge in [0, 0.05) is 25.7 Å². The standard InChI is InChI=1S/C10H23N7O3/c11-8(20)7(17-10(14)15)6(4-19)5(3-18)1-2-16-9(12)13/h5-7,18-19H,1-4H2,(H2,11,20)(H4,12,13,16)(H4,14,15,17). The van der Waals surface area contributed by atoms with Gasteiger partial charge in [-0.05, 0) is 12.3 Å². The van der Waals surface area contributed by atoms with Crippen molar-refractivity contribution in [1.82, 2.24) is 10.6 Å². The number of primary amides is 1. The molecule has 0 radical (unpaired) electrons. The summed E-state index contributed by atoms with van der Waals surface area (Å²) in [5.74, 6) is -2.63. The molecule has 0 saturated heterocycles. The number of guanidine groups is 2. The summed E-state index contributed by atoms with van der Waals surface area (Å²) in [5.41, 5.74) is 15.5. The molecule has 12 N–H and O–H groups in total. The zero-order valence-electron chi connectivity index (χ0n) is 11.1. The number of amides is 1. The van der Waals surface area contributed by atoms with Crippen LogP contribution >= 0.6 is 0 Å². The lowest BCUT2D eigenvalue weighted by molar-refractivity contribution is -0.122. The van der Waals surface area contributed by atoms with Gasteiger partial charge < -0.3 is 38.0 Å². The molecule has 0 aromatic rings. The fraction of sp³-hybridized carbons (Fsp3) is 0.700. The molecular weight excluding hydrogens is 266 g/mol. The Morgan fingerprint density at radius 2 is 1.70 bits per heavy atom. The van der Waals surface area contributed by atoms with E-state index >= 15 is 0 Å². The minimum Gasteiger partial charge on any atom is -0.396 e. The zero-order valence-corrected chi connectivity index (χ0v) is 11.1. The molecule has 0 spiro atoms. The van der Waals surface area contributed by atoms with Gasteiger partial charge in [0.25, 0.3) is 0 Å². The quantitative estimate of drug-likeness (QED) is 0.154. The fourth-order valence-corrected chi connectivity index (χ4v) is 1.92. The molecule has 0 rings (SSSR count). The maximum absolute atomic E-state index is 11.4. The largest absolute Gasteiger partial charge is 0.396 e. The highest BCUT2D eigenvalue weighted by Crippen LogP contribution is 2.19. The zero-order chi connectivity index (χ0) is 15.7. The van der Waals surface area contributed by atoms with Crippen molar-refractivity contribution in [2.75, 3.05) is 19.8 Å². The predicted molar refractivity (Wildman–Crippen MR) is 73.7 cm³/mol. The van der Waals surface area contributed by atoms with Gasteiger partial charge in [0.05, 0.1) is 0 Å². The topological polar surface area (TPSA) is 207 Å². The van der Waals surface area contributed by atoms with Gasteiger partial charge in [-0.25, -0.2) is 0 Å². The number of carbonyl (C=O) groups is 1. The van der Waals surface area contributed by atoms with E-state index < -0.39 is 36.4 Å². The number of aliphatic hydroxyl groups is 2. The van der Waals surface area contributed by atoms with E-state index in [0.717, 1.165) is 0 Å². The highest BCUT2D eigenvalue weighted by Gasteiger charge is 2.32. The van der Waals surface area contributed by atoms with E-state index in [1.54, 1.807) is 0 Å². The van der Waals surface area contributed by atoms with Crippen LogP contribution in [0.25, 0.3) is 0 Å². The number of carbonyl (C=O) groups excluding carboxylic acids is 1. The maximum atomic E-state index is 11.4. The molecule has 10 heteroatoms. The van der Waals surface area contributed by atoms with Gasteiger partial charge in [-0.2, -0.15) is 0 Å². The number of hydrogen-bond donors (Lipinski definition) is 9. The Kier molecular flexibility index (Phi) is 8.01. The Bertz CT molecular complexity index is 350. The number of rotatable bonds is 9. The molecule has 0 fully saturated rings. The molecule has 1 amide bonds. The highest BCUT2D eigenvalue weighted by atomic mass is 16.3. The SMILES string of the molecule is N=C(N)NCCC(CO)C(CO)C(NC(=N)N)C(N)=O. The lowest BCUT2D eigenvalue weighted by Gasteiger charge is -2.30. The number of aliphatic hydroxyl groups excluding tert-OH is 2. The van der Waals surface area contributed by atoms with Crippen molar-refractivity contribution in [2.24, 2.45) is 29.0 Å². The fourth-order valence-electron chi connectivity index (χ4n) is 1.92. The van der Waals surface area contributed by atoms with E-state index in [1.165, 1.54) is 0 Å². The van der Waals surface area contributed by atoms with Crippen LogP contribution in [0.4, 0.5) is 0 Å². The monoisotopic (exact) mass is 289 g/mol. The molecule has 0 aromatic carbocycles. The Hall–Kier alpha value is -2.07. The van der Waals surface area contributed by atoms with Crippen molar-refractivity contribution in [3.05, 3.63) is 0 Å². The normalized spacial score (nSPS) is 14.9. The van der Waals surface area contributed by atoms with Gasteiger partial charge in [0.1, 0.15) is 6.04 Å². The average molecular weight is 289 g/mol. The molecule has 0 bridgehead atoms. The van der Waals surface area contributed by atoms with Crippen LogP contribution in [0.5, 0.6) is 0 Å². The van der Waals surface area contributed by atoms with Gasteiger partial charge >= 0.3 is 0 Å². The molecule has 116 valence electrons. The summed E-state index contributed by atoms with van der Waals surface area (Å²) in [4.78, 5) is 11.4. The Morgan fingerprint density at radius 3 is 2.05 bits per heavy atom. The summed E-state index contributed by atoms with van der Waals surface area (Å²) in [5, 5.41) is 37.9. The second kappa shape index (κ2) is 8.93. The summed E-state index contributed by atoms with van der Waals surface area (Å²) < 4.78 is 0. The molecule has 0 aromatic heterocycles. The van der Waals surface area contributed by atoms with Gasteiger partial charge in [-0.1, -0.05) is 0 Å². The molecule has 3 unspecified atom stereocenters. The van der Waals surface area contributed by atoms with Gasteiger partial charge in [-0.15, -0.1) is 0 Å². The second-order valence-electron chi connectivity index (χ2n) is 4.36. The van der Waals surface area contributed by atoms with Gasteiger partial charge in [0.2, 0.25) is 5.91 Å². The third-order valence-electron chi connectivity index (χ3n) is 2.93. The smallest absolute Gasteiger partial charge is 0.240 e. The predicted octanol–water partition coefficient (Wildman–Crippen LogP) is -3.59. The minimum absolute atomic E-state index is 0.212. The van der Waals surface area contributed by atoms with Crippen LogP contribution in [0.15, 0.2) is 0 Å². The van der Waals surface area contributed by atoms with Crippen LogP contribution in [0.2, 0.25) is 0 Å². The van der Waals surface area contributed by atoms with E-state index in [-0.39, 0.29) is 12.6 Å². The van der Waals surface area contributed by atoms with Crippen LogP contribution < -0.4 is 27.8 Å². The molecule has 0 aliphatic rings. The lowest BCUT2D eigenvalue weighted by Crippen LogP contribution is -2.54. The van der Waals surface area contributed by atoms with E-state index in [4.69, 9.17) is 28.0 Å². The lowest BCUT2D eigenvalue weighted by atomic mass is 9.84. The number of nitrogens with one attached hydrogen (secondary N) is 4. The molecule has 0 saturated carbocycles. The van der Waals surface area contributed by atoms with Crippen LogP contribution in [0.1, 0.15) is 6.42 Å². The van der Waals surface area contributed by atoms with Crippen molar-refractivity contribution in [2.45, 2.75) is 12.5 Å². The van der Waals surface area contributed by atoms with E-state index in [0.29, 0.717) is 13.0 Å². The number of hydrogen-bond acceptors (Lipinski definition) is 5. The van der Waals surface area contributed by atoms with E-state index in [1.807, 2.05) is 0 Å². The summed E-state index contributed by atoms with van der Waals surface area (Å²) in [7, 11) is 0. The highest BCUT2D eigenvalue weighted by molar-refractivity contribution is 5.86. The molecule has 20 heavy (non-hydrogen) atoms. The molecule has 0 aliphatic heterocycles. The summed E-state index contributed by atoms with van der Waals surface area (Å²) in [6.07, 6.45) is 0.352. The maximum Gasteiger partial charge on any atom is 0.240 e. The first-order valence-corrected chi connectivity index (χ1v) is 6.02. The summed E-state index contributed by atoms with van der Waals surface area (Å²) in [6, 6.07) is -1.06. The summed E-state index contributed by atoms with van der Waals surface area (Å²) >= 11 is 0. The molecule has 0 aliphatic carbocycles. The molecule has 3 atom stereocenters. The van der Waals surface area contributed by atoms with Crippen molar-refractivity contribution < 1.29 is 15.0 Å². The van der Waals surface area contributed by atoms with Crippen molar-refractivity contribution in [3.8, 4) is 0 Å². The van der Waals surface area contributed by atoms with Gasteiger partial charge in [0.15, 0.2) is 11.9 Å². The van der Waals surface area contributed by atoms with Crippen LogP contribution in [-0.4, -0.2) is 53.8 Å². The van der Waals surface area contributed by atoms with Crippen molar-refractivity contribution >= 4 is 17.8 Å². The summed E-state index contributed by atoms with van der Waals surface area (Å²) in [6.45, 7) is -0.421. The van der Waals surface area contributed by atoms with Crippen LogP contribution in [0, 0.1) is 22.7 Å². The first kappa shape index (κ1) is 17.9. The number of nitrogens with two attached hydrogens (primary N) is 3. The van der Waals surface area contributed by atoms with Crippen LogP contribution in [-0.2, 0) is 4.79 Å². The first-order chi connectivity index (χ1) is 9.33. The molecule has 0 heterocycles. The van der Waals surface area contributed by atoms with Crippen molar-refractivity contribution in [1.29, 1.82) is 10.8 Å². The van der Waals surface area contributed by atoms with E-state index in [9.17, 15) is 15.0 Å². The third kappa shape index (κ3) is 6.20. The molecular formula is C10H23N7O3. The Morgan fingerprint density at radius 1 is 1.10 bits per heavy atom. The van der Waals surface area contributed by atoms with Gasteiger partial charge in [-0.3, -0.25) is 15.6 Å². The minimum atomic E-state index is -1.06. The van der Waals surface area contributed by atoms with Crippen molar-refractivity contribution in [3.63, 3.8) is 0 Å². The average Bonchev–Trinajstić information content (AvgIpc) is 2.35. The Balaban J connectivity index is 4.81.